The molecule has 1 unspecified atom stereocenters. The normalized spacial score (nSPS) is 12.0. The van der Waals surface area contributed by atoms with Crippen molar-refractivity contribution < 1.29 is 56.0 Å². The number of aromatic amines is 1. The summed E-state index contributed by atoms with van der Waals surface area (Å²) in [6.07, 6.45) is -8.77. The zero-order valence-corrected chi connectivity index (χ0v) is 20.9. The highest BCUT2D eigenvalue weighted by atomic mass is 79.9. The highest BCUT2D eigenvalue weighted by molar-refractivity contribution is 9.10. The first-order chi connectivity index (χ1) is 17.5. The second kappa shape index (κ2) is 14.5. The van der Waals surface area contributed by atoms with E-state index in [4.69, 9.17) is 29.6 Å². The molecular weight excluding hydrogens is 598 g/mol. The molecule has 0 amide bonds. The van der Waals surface area contributed by atoms with Gasteiger partial charge in [-0.05, 0) is 53.2 Å². The van der Waals surface area contributed by atoms with Gasteiger partial charge >= 0.3 is 24.3 Å². The van der Waals surface area contributed by atoms with Crippen LogP contribution < -0.4 is 10.1 Å². The number of pyridine rings is 1. The maximum Gasteiger partial charge on any atom is 0.490 e. The lowest BCUT2D eigenvalue weighted by Crippen LogP contribution is -2.28. The predicted octanol–water partition coefficient (Wildman–Crippen LogP) is 4.00. The number of carbonyl (C=O) groups is 2. The van der Waals surface area contributed by atoms with Gasteiger partial charge in [0.05, 0.1) is 6.10 Å². The average Bonchev–Trinajstić information content (AvgIpc) is 3.22. The molecule has 0 aliphatic rings. The highest BCUT2D eigenvalue weighted by Gasteiger charge is 2.38. The molecule has 3 aromatic rings. The van der Waals surface area contributed by atoms with Crippen LogP contribution in [0, 0.1) is 0 Å². The standard InChI is InChI=1S/C17H19BrN4O2.2C2HF3O2/c1-11(23)9-19-6-7-24-14-4-2-12(3-5-14)16-21-15-8-13(18)10-20-17(15)22-16;2*3-2(4,5)1(6)7/h2-5,8,10-11,19,23H,6-7,9H2,1H3,(H,20,21,22);2*(H,6,7). The number of rotatable bonds is 7. The van der Waals surface area contributed by atoms with Gasteiger partial charge in [0.1, 0.15) is 23.7 Å². The van der Waals surface area contributed by atoms with Crippen LogP contribution in [0.1, 0.15) is 6.92 Å². The Morgan fingerprint density at radius 3 is 2.08 bits per heavy atom. The van der Waals surface area contributed by atoms with Crippen LogP contribution >= 0.6 is 15.9 Å². The Balaban J connectivity index is 0.000000426. The van der Waals surface area contributed by atoms with Gasteiger partial charge in [-0.1, -0.05) is 0 Å². The zero-order chi connectivity index (χ0) is 29.1. The fourth-order valence-electron chi connectivity index (χ4n) is 2.27. The van der Waals surface area contributed by atoms with Gasteiger partial charge in [-0.2, -0.15) is 26.3 Å². The van der Waals surface area contributed by atoms with Gasteiger partial charge in [0.15, 0.2) is 5.65 Å². The maximum atomic E-state index is 10.6. The Labute approximate surface area is 218 Å². The number of aromatic nitrogens is 3. The number of hydrogen-bond acceptors (Lipinski definition) is 7. The number of aliphatic hydroxyl groups excluding tert-OH is 1. The van der Waals surface area contributed by atoms with E-state index in [1.54, 1.807) is 13.1 Å². The molecule has 0 spiro atoms. The fraction of sp³-hybridized carbons (Fsp3) is 0.333. The Hall–Kier alpha value is -3.44. The number of fused-ring (bicyclic) bond motifs is 1. The van der Waals surface area contributed by atoms with Gasteiger partial charge in [-0.3, -0.25) is 0 Å². The molecule has 5 N–H and O–H groups in total. The van der Waals surface area contributed by atoms with Crippen LogP contribution in [0.2, 0.25) is 0 Å². The van der Waals surface area contributed by atoms with Crippen molar-refractivity contribution in [1.29, 1.82) is 0 Å². The summed E-state index contributed by atoms with van der Waals surface area (Å²) in [7, 11) is 0. The number of nitrogens with zero attached hydrogens (tertiary/aromatic N) is 2. The van der Waals surface area contributed by atoms with Gasteiger partial charge in [0.2, 0.25) is 0 Å². The number of aliphatic hydroxyl groups is 1. The van der Waals surface area contributed by atoms with Gasteiger partial charge in [-0.15, -0.1) is 0 Å². The minimum absolute atomic E-state index is 0.344. The molecule has 0 saturated heterocycles. The van der Waals surface area contributed by atoms with E-state index in [9.17, 15) is 26.3 Å². The lowest BCUT2D eigenvalue weighted by Gasteiger charge is -2.09. The van der Waals surface area contributed by atoms with Crippen molar-refractivity contribution in [2.75, 3.05) is 19.7 Å². The number of halogens is 7. The minimum atomic E-state index is -5.08. The van der Waals surface area contributed by atoms with Gasteiger partial charge < -0.3 is 30.4 Å². The molecule has 10 nitrogen and oxygen atoms in total. The van der Waals surface area contributed by atoms with Crippen molar-refractivity contribution in [1.82, 2.24) is 20.3 Å². The van der Waals surface area contributed by atoms with E-state index in [0.29, 0.717) is 19.7 Å². The Morgan fingerprint density at radius 2 is 1.61 bits per heavy atom. The second-order valence-electron chi connectivity index (χ2n) is 7.14. The Kier molecular flexibility index (Phi) is 12.4. The molecular formula is C21H21BrF6N4O6. The van der Waals surface area contributed by atoms with Crippen molar-refractivity contribution in [3.8, 4) is 17.1 Å². The maximum absolute atomic E-state index is 10.6. The number of aliphatic carboxylic acids is 2. The number of carboxylic acid groups (broad SMARTS) is 2. The molecule has 0 fully saturated rings. The van der Waals surface area contributed by atoms with E-state index < -0.39 is 24.3 Å². The van der Waals surface area contributed by atoms with Crippen molar-refractivity contribution in [2.45, 2.75) is 25.4 Å². The van der Waals surface area contributed by atoms with Crippen molar-refractivity contribution in [2.24, 2.45) is 0 Å². The quantitative estimate of drug-likeness (QED) is 0.195. The molecule has 0 bridgehead atoms. The van der Waals surface area contributed by atoms with E-state index in [0.717, 1.165) is 32.8 Å². The highest BCUT2D eigenvalue weighted by Crippen LogP contribution is 2.23. The van der Waals surface area contributed by atoms with E-state index in [1.807, 2.05) is 30.3 Å². The van der Waals surface area contributed by atoms with Gasteiger partial charge in [-0.25, -0.2) is 19.6 Å². The number of alkyl halides is 6. The SMILES string of the molecule is CC(O)CNCCOc1ccc(-c2nc3cc(Br)cnc3[nH]2)cc1.O=C(O)C(F)(F)F.O=C(O)C(F)(F)F. The number of hydrogen-bond donors (Lipinski definition) is 5. The summed E-state index contributed by atoms with van der Waals surface area (Å²) in [6.45, 7) is 3.56. The summed E-state index contributed by atoms with van der Waals surface area (Å²) in [4.78, 5) is 29.9. The zero-order valence-electron chi connectivity index (χ0n) is 19.3. The number of imidazole rings is 1. The van der Waals surface area contributed by atoms with Crippen molar-refractivity contribution >= 4 is 39.0 Å². The molecule has 0 saturated carbocycles. The van der Waals surface area contributed by atoms with Crippen LogP contribution in [-0.2, 0) is 9.59 Å². The van der Waals surface area contributed by atoms with Gasteiger partial charge in [0, 0.05) is 29.3 Å². The number of H-pyrrole nitrogens is 1. The largest absolute Gasteiger partial charge is 0.492 e. The van der Waals surface area contributed by atoms with Crippen molar-refractivity contribution in [3.63, 3.8) is 0 Å². The van der Waals surface area contributed by atoms with Gasteiger partial charge in [0.25, 0.3) is 0 Å². The van der Waals surface area contributed by atoms with E-state index in [2.05, 4.69) is 36.2 Å². The molecule has 1 atom stereocenters. The third kappa shape index (κ3) is 12.2. The molecule has 3 rings (SSSR count). The summed E-state index contributed by atoms with van der Waals surface area (Å²) >= 11 is 3.40. The molecule has 0 aliphatic carbocycles. The van der Waals surface area contributed by atoms with Crippen LogP contribution in [0.3, 0.4) is 0 Å². The summed E-state index contributed by atoms with van der Waals surface area (Å²) < 4.78 is 70.0. The number of carboxylic acids is 2. The number of ether oxygens (including phenoxy) is 1. The van der Waals surface area contributed by atoms with Crippen LogP contribution in [0.15, 0.2) is 41.0 Å². The topological polar surface area (TPSA) is 158 Å². The second-order valence-corrected chi connectivity index (χ2v) is 8.05. The van der Waals surface area contributed by atoms with E-state index in [-0.39, 0.29) is 6.10 Å². The molecule has 2 heterocycles. The van der Waals surface area contributed by atoms with Crippen molar-refractivity contribution in [3.05, 3.63) is 41.0 Å². The Bertz CT molecular complexity index is 1160. The van der Waals surface area contributed by atoms with Crippen LogP contribution in [0.5, 0.6) is 5.75 Å². The fourth-order valence-corrected chi connectivity index (χ4v) is 2.59. The van der Waals surface area contributed by atoms with E-state index in [1.165, 1.54) is 0 Å². The molecule has 0 aliphatic heterocycles. The lowest BCUT2D eigenvalue weighted by atomic mass is 10.2. The first-order valence-electron chi connectivity index (χ1n) is 10.2. The first-order valence-corrected chi connectivity index (χ1v) is 11.0. The summed E-state index contributed by atoms with van der Waals surface area (Å²) in [6, 6.07) is 9.69. The molecule has 1 aromatic carbocycles. The van der Waals surface area contributed by atoms with Crippen LogP contribution in [-0.4, -0.2) is 80.4 Å². The third-order valence-corrected chi connectivity index (χ3v) is 4.34. The summed E-state index contributed by atoms with van der Waals surface area (Å²) in [5, 5.41) is 26.5. The number of benzene rings is 1. The molecule has 210 valence electrons. The Morgan fingerprint density at radius 1 is 1.08 bits per heavy atom. The molecule has 17 heteroatoms. The van der Waals surface area contributed by atoms with E-state index >= 15 is 0 Å². The van der Waals surface area contributed by atoms with Crippen LogP contribution in [0.25, 0.3) is 22.6 Å². The van der Waals surface area contributed by atoms with Crippen LogP contribution in [0.4, 0.5) is 26.3 Å². The average molecular weight is 619 g/mol. The third-order valence-electron chi connectivity index (χ3n) is 3.90. The molecule has 38 heavy (non-hydrogen) atoms. The monoisotopic (exact) mass is 618 g/mol. The number of nitrogens with one attached hydrogen (secondary N) is 2. The molecule has 2 aromatic heterocycles. The summed E-state index contributed by atoms with van der Waals surface area (Å²) in [5.41, 5.74) is 2.56. The predicted molar refractivity (Wildman–Crippen MR) is 124 cm³/mol. The minimum Gasteiger partial charge on any atom is -0.492 e. The smallest absolute Gasteiger partial charge is 0.490 e. The first kappa shape index (κ1) is 32.6. The molecule has 0 radical (unpaired) electrons. The summed E-state index contributed by atoms with van der Waals surface area (Å²) in [5.74, 6) is -3.93. The lowest BCUT2D eigenvalue weighted by molar-refractivity contribution is -0.193.